The van der Waals surface area contributed by atoms with E-state index in [0.29, 0.717) is 10.7 Å². The minimum Gasteiger partial charge on any atom is -0.871 e. The van der Waals surface area contributed by atoms with Gasteiger partial charge in [0.2, 0.25) is 0 Å². The van der Waals surface area contributed by atoms with E-state index in [1.807, 2.05) is 0 Å². The van der Waals surface area contributed by atoms with Crippen molar-refractivity contribution in [1.29, 1.82) is 0 Å². The molecule has 21 heteroatoms. The van der Waals surface area contributed by atoms with Crippen molar-refractivity contribution in [3.05, 3.63) is 58.5 Å². The van der Waals surface area contributed by atoms with Crippen molar-refractivity contribution in [2.24, 2.45) is 10.2 Å². The van der Waals surface area contributed by atoms with E-state index < -0.39 is 86.9 Å². The minimum absolute atomic E-state index is 0. The molecule has 39 heavy (non-hydrogen) atoms. The molecule has 0 atom stereocenters. The summed E-state index contributed by atoms with van der Waals surface area (Å²) in [6, 6.07) is 6.53. The van der Waals surface area contributed by atoms with Crippen LogP contribution in [0.4, 0.5) is 11.4 Å². The average molecular weight is 655 g/mol. The van der Waals surface area contributed by atoms with Crippen LogP contribution in [0.2, 0.25) is 0 Å². The molecule has 0 aliphatic rings. The number of aromatic nitrogens is 2. The van der Waals surface area contributed by atoms with Crippen LogP contribution in [0.3, 0.4) is 0 Å². The summed E-state index contributed by atoms with van der Waals surface area (Å²) >= 11 is 0. The van der Waals surface area contributed by atoms with Crippen molar-refractivity contribution in [1.82, 2.24) is 9.78 Å². The maximum absolute atomic E-state index is 12.8. The molecule has 3 aromatic rings. The van der Waals surface area contributed by atoms with Crippen molar-refractivity contribution in [2.45, 2.75) is 9.79 Å². The molecule has 0 bridgehead atoms. The third-order valence-electron chi connectivity index (χ3n) is 4.61. The van der Waals surface area contributed by atoms with Crippen LogP contribution < -0.4 is 10.7 Å². The Hall–Kier alpha value is -3.43. The standard InChI is InChI=1S/C18H16N4O13S3.Cu/c23-14-9-12(36(27,28)8-7-35-38(32,33)34)5-6-13(14)19-20-15-16(18(25)26)21-22(17(15)24)10-1-3-11(4-2-10)37(29,30)31;/h1-6,9,21,23H,7-8H2,(H,25,26)(H,29,30,31)(H,32,33,34);/q;+2/p-1. The number of sulfone groups is 1. The first-order chi connectivity index (χ1) is 17.5. The molecule has 0 unspecified atom stereocenters. The second-order valence-corrected chi connectivity index (χ2v) is 11.8. The van der Waals surface area contributed by atoms with E-state index in [2.05, 4.69) is 19.5 Å². The Bertz CT molecular complexity index is 1810. The van der Waals surface area contributed by atoms with Crippen molar-refractivity contribution < 1.29 is 70.6 Å². The van der Waals surface area contributed by atoms with Gasteiger partial charge >= 0.3 is 33.4 Å². The van der Waals surface area contributed by atoms with Crippen LogP contribution in [0, 0.1) is 0 Å². The molecular formula is C18H15CuN4O13S3+. The van der Waals surface area contributed by atoms with E-state index in [-0.39, 0.29) is 22.8 Å². The summed E-state index contributed by atoms with van der Waals surface area (Å²) < 4.78 is 90.1. The summed E-state index contributed by atoms with van der Waals surface area (Å²) in [5, 5.41) is 31.0. The van der Waals surface area contributed by atoms with Gasteiger partial charge in [0.05, 0.1) is 33.5 Å². The van der Waals surface area contributed by atoms with Gasteiger partial charge in [0.1, 0.15) is 0 Å². The zero-order valence-corrected chi connectivity index (χ0v) is 22.1. The van der Waals surface area contributed by atoms with Crippen LogP contribution in [-0.4, -0.2) is 67.6 Å². The fourth-order valence-electron chi connectivity index (χ4n) is 2.86. The van der Waals surface area contributed by atoms with Crippen molar-refractivity contribution in [2.75, 3.05) is 12.4 Å². The molecule has 1 radical (unpaired) electrons. The summed E-state index contributed by atoms with van der Waals surface area (Å²) in [7, 11) is -13.6. The largest absolute Gasteiger partial charge is 2.00 e. The van der Waals surface area contributed by atoms with Gasteiger partial charge in [-0.3, -0.25) is 19.0 Å². The molecule has 1 aromatic heterocycles. The predicted molar refractivity (Wildman–Crippen MR) is 123 cm³/mol. The average Bonchev–Trinajstić information content (AvgIpc) is 3.13. The number of azo groups is 1. The maximum atomic E-state index is 12.8. The Morgan fingerprint density at radius 2 is 1.56 bits per heavy atom. The van der Waals surface area contributed by atoms with Crippen molar-refractivity contribution >= 4 is 47.7 Å². The van der Waals surface area contributed by atoms with E-state index >= 15 is 0 Å². The number of carboxylic acids is 1. The second kappa shape index (κ2) is 11.8. The van der Waals surface area contributed by atoms with Crippen LogP contribution in [0.5, 0.6) is 5.75 Å². The second-order valence-electron chi connectivity index (χ2n) is 7.15. The van der Waals surface area contributed by atoms with Gasteiger partial charge in [-0.15, -0.1) is 5.11 Å². The maximum Gasteiger partial charge on any atom is 2.00 e. The topological polar surface area (TPSA) is 275 Å². The Balaban J connectivity index is 0.00000533. The number of rotatable bonds is 10. The number of carbonyl (C=O) groups is 1. The predicted octanol–water partition coefficient (Wildman–Crippen LogP) is 0.190. The fraction of sp³-hybridized carbons (Fsp3) is 0.111. The third kappa shape index (κ3) is 7.80. The van der Waals surface area contributed by atoms with Gasteiger partial charge in [0.25, 0.3) is 15.7 Å². The summed E-state index contributed by atoms with van der Waals surface area (Å²) in [4.78, 5) is 23.3. The fourth-order valence-corrected chi connectivity index (χ4v) is 4.84. The van der Waals surface area contributed by atoms with Crippen LogP contribution >= 0.6 is 0 Å². The number of nitrogens with one attached hydrogen (secondary N) is 1. The molecule has 0 saturated heterocycles. The molecule has 0 spiro atoms. The van der Waals surface area contributed by atoms with Gasteiger partial charge in [0, 0.05) is 0 Å². The molecule has 3 rings (SSSR count). The van der Waals surface area contributed by atoms with E-state index in [9.17, 15) is 45.1 Å². The number of hydrogen-bond acceptors (Lipinski definition) is 12. The molecule has 0 amide bonds. The van der Waals surface area contributed by atoms with Gasteiger partial charge in [-0.05, 0) is 42.5 Å². The molecular weight excluding hydrogens is 640 g/mol. The van der Waals surface area contributed by atoms with Crippen molar-refractivity contribution in [3.8, 4) is 11.4 Å². The Morgan fingerprint density at radius 1 is 0.974 bits per heavy atom. The molecule has 0 aliphatic carbocycles. The minimum atomic E-state index is -4.87. The molecule has 213 valence electrons. The molecule has 0 saturated carbocycles. The quantitative estimate of drug-likeness (QED) is 0.129. The van der Waals surface area contributed by atoms with E-state index in [1.54, 1.807) is 0 Å². The number of benzene rings is 2. The first-order valence-corrected chi connectivity index (χ1v) is 14.2. The summed E-state index contributed by atoms with van der Waals surface area (Å²) in [5.41, 5.74) is -3.09. The number of nitrogens with zero attached hydrogens (tertiary/aromatic N) is 3. The van der Waals surface area contributed by atoms with Gasteiger partial charge in [-0.1, -0.05) is 5.75 Å². The summed E-state index contributed by atoms with van der Waals surface area (Å²) in [6.07, 6.45) is 0. The number of H-pyrrole nitrogens is 1. The SMILES string of the molecule is O=C(O)c1[nH]n(-c2ccc(S(=O)(=O)O)cc2)c(=O)c1N=Nc1ccc(S(=O)(=O)CCOS(=O)(=O)O)cc1[O-].[Cu+2]. The van der Waals surface area contributed by atoms with Gasteiger partial charge < -0.3 is 10.2 Å². The zero-order valence-electron chi connectivity index (χ0n) is 18.7. The molecule has 17 nitrogen and oxygen atoms in total. The number of hydrogen-bond donors (Lipinski definition) is 4. The van der Waals surface area contributed by atoms with Crippen molar-refractivity contribution in [3.63, 3.8) is 0 Å². The van der Waals surface area contributed by atoms with Crippen LogP contribution in [0.15, 0.2) is 67.3 Å². The van der Waals surface area contributed by atoms with Gasteiger partial charge in [-0.25, -0.2) is 22.1 Å². The van der Waals surface area contributed by atoms with E-state index in [0.717, 1.165) is 36.4 Å². The summed E-state index contributed by atoms with van der Waals surface area (Å²) in [5.74, 6) is -3.54. The molecule has 2 aromatic carbocycles. The van der Waals surface area contributed by atoms with Crippen LogP contribution in [-0.2, 0) is 51.6 Å². The molecule has 1 heterocycles. The monoisotopic (exact) mass is 654 g/mol. The van der Waals surface area contributed by atoms with E-state index in [4.69, 9.17) is 9.11 Å². The Kier molecular flexibility index (Phi) is 9.58. The first kappa shape index (κ1) is 31.8. The molecule has 0 aliphatic heterocycles. The summed E-state index contributed by atoms with van der Waals surface area (Å²) in [6.45, 7) is -0.924. The van der Waals surface area contributed by atoms with Crippen LogP contribution in [0.1, 0.15) is 10.5 Å². The number of aromatic carboxylic acids is 1. The van der Waals surface area contributed by atoms with Crippen LogP contribution in [0.25, 0.3) is 5.69 Å². The van der Waals surface area contributed by atoms with Gasteiger partial charge in [-0.2, -0.15) is 21.9 Å². The van der Waals surface area contributed by atoms with E-state index in [1.165, 1.54) is 0 Å². The number of aromatic amines is 1. The third-order valence-corrected chi connectivity index (χ3v) is 7.61. The normalized spacial score (nSPS) is 12.4. The smallest absolute Gasteiger partial charge is 0.871 e. The zero-order chi connectivity index (χ0) is 28.5. The number of carboxylic acid groups (broad SMARTS) is 1. The Labute approximate surface area is 229 Å². The van der Waals surface area contributed by atoms with Gasteiger partial charge in [0.15, 0.2) is 21.2 Å². The Morgan fingerprint density at radius 3 is 2.08 bits per heavy atom. The molecule has 4 N–H and O–H groups in total. The molecule has 0 fully saturated rings. The first-order valence-electron chi connectivity index (χ1n) is 9.73.